The van der Waals surface area contributed by atoms with Gasteiger partial charge in [0.25, 0.3) is 5.91 Å². The maximum absolute atomic E-state index is 13.7. The molecule has 0 radical (unpaired) electrons. The first kappa shape index (κ1) is 27.6. The van der Waals surface area contributed by atoms with Gasteiger partial charge < -0.3 is 19.8 Å². The molecular weight excluding hydrogens is 557 g/mol. The minimum Gasteiger partial charge on any atom is -0.346 e. The number of rotatable bonds is 6. The third kappa shape index (κ3) is 5.67. The van der Waals surface area contributed by atoms with Crippen LogP contribution in [0.5, 0.6) is 0 Å². The molecule has 2 aromatic carbocycles. The molecule has 0 bridgehead atoms. The van der Waals surface area contributed by atoms with Gasteiger partial charge in [-0.15, -0.1) is 0 Å². The zero-order valence-electron chi connectivity index (χ0n) is 23.3. The van der Waals surface area contributed by atoms with Gasteiger partial charge in [0.2, 0.25) is 0 Å². The van der Waals surface area contributed by atoms with E-state index in [2.05, 4.69) is 25.6 Å². The SMILES string of the molecule is Cc1cn(-c2cc(NC(=O)c3ccc(C)c(Nc4nc(-c5cccnc5)nc5ccn(C)c45)c3)cc(C(F)(F)F)c2)cn1. The van der Waals surface area contributed by atoms with E-state index in [1.807, 2.05) is 36.9 Å². The molecule has 0 aliphatic heterocycles. The molecule has 2 N–H and O–H groups in total. The van der Waals surface area contributed by atoms with E-state index in [-0.39, 0.29) is 16.9 Å². The quantitative estimate of drug-likeness (QED) is 0.223. The second-order valence-corrected chi connectivity index (χ2v) is 10.1. The predicted molar refractivity (Wildman–Crippen MR) is 157 cm³/mol. The smallest absolute Gasteiger partial charge is 0.346 e. The summed E-state index contributed by atoms with van der Waals surface area (Å²) in [5.41, 5.74) is 3.87. The first-order valence-electron chi connectivity index (χ1n) is 13.2. The standard InChI is InChI=1S/C31H25F3N8O/c1-18-6-7-20(30(43)37-23-12-22(31(32,33)34)13-24(14-23)42-16-19(2)36-17-42)11-26(18)39-29-27-25(8-10-41(27)3)38-28(40-29)21-5-4-9-35-15-21/h4-17H,1-3H3,(H,37,43)(H,38,39,40). The average molecular weight is 583 g/mol. The van der Waals surface area contributed by atoms with E-state index in [0.29, 0.717) is 23.0 Å². The molecule has 0 saturated carbocycles. The van der Waals surface area contributed by atoms with Crippen LogP contribution >= 0.6 is 0 Å². The number of nitrogens with zero attached hydrogens (tertiary/aromatic N) is 6. The number of amides is 1. The van der Waals surface area contributed by atoms with Crippen LogP contribution in [0.2, 0.25) is 0 Å². The molecule has 6 rings (SSSR count). The van der Waals surface area contributed by atoms with Crippen molar-refractivity contribution in [2.45, 2.75) is 20.0 Å². The summed E-state index contributed by atoms with van der Waals surface area (Å²) in [4.78, 5) is 31.0. The number of aromatic nitrogens is 6. The molecule has 6 aromatic rings. The van der Waals surface area contributed by atoms with Crippen molar-refractivity contribution in [2.24, 2.45) is 7.05 Å². The Morgan fingerprint density at radius 1 is 1.00 bits per heavy atom. The van der Waals surface area contributed by atoms with Gasteiger partial charge in [-0.3, -0.25) is 9.78 Å². The number of hydrogen-bond acceptors (Lipinski definition) is 6. The van der Waals surface area contributed by atoms with Crippen molar-refractivity contribution in [3.05, 3.63) is 108 Å². The molecule has 0 saturated heterocycles. The lowest BCUT2D eigenvalue weighted by molar-refractivity contribution is -0.137. The molecule has 1 amide bonds. The number of hydrogen-bond donors (Lipinski definition) is 2. The largest absolute Gasteiger partial charge is 0.416 e. The van der Waals surface area contributed by atoms with Gasteiger partial charge >= 0.3 is 6.18 Å². The van der Waals surface area contributed by atoms with Gasteiger partial charge in [-0.2, -0.15) is 13.2 Å². The molecule has 216 valence electrons. The van der Waals surface area contributed by atoms with Crippen LogP contribution in [0.25, 0.3) is 28.1 Å². The van der Waals surface area contributed by atoms with E-state index in [1.165, 1.54) is 17.0 Å². The molecule has 0 fully saturated rings. The Morgan fingerprint density at radius 3 is 2.56 bits per heavy atom. The molecule has 12 heteroatoms. The first-order valence-corrected chi connectivity index (χ1v) is 13.2. The minimum absolute atomic E-state index is 0.00121. The lowest BCUT2D eigenvalue weighted by Gasteiger charge is -2.15. The summed E-state index contributed by atoms with van der Waals surface area (Å²) in [6.07, 6.45) is 3.64. The monoisotopic (exact) mass is 582 g/mol. The minimum atomic E-state index is -4.61. The van der Waals surface area contributed by atoms with Crippen molar-refractivity contribution in [1.29, 1.82) is 0 Å². The van der Waals surface area contributed by atoms with Crippen molar-refractivity contribution in [3.8, 4) is 17.1 Å². The van der Waals surface area contributed by atoms with E-state index in [1.54, 1.807) is 49.8 Å². The highest BCUT2D eigenvalue weighted by molar-refractivity contribution is 6.05. The maximum atomic E-state index is 13.7. The van der Waals surface area contributed by atoms with E-state index in [9.17, 15) is 18.0 Å². The van der Waals surface area contributed by atoms with Gasteiger partial charge in [0.15, 0.2) is 11.6 Å². The molecule has 0 aliphatic rings. The van der Waals surface area contributed by atoms with Crippen LogP contribution in [0.3, 0.4) is 0 Å². The summed E-state index contributed by atoms with van der Waals surface area (Å²) in [6, 6.07) is 13.9. The summed E-state index contributed by atoms with van der Waals surface area (Å²) < 4.78 is 44.5. The van der Waals surface area contributed by atoms with Crippen molar-refractivity contribution in [1.82, 2.24) is 29.1 Å². The molecule has 0 atom stereocenters. The van der Waals surface area contributed by atoms with Crippen LogP contribution in [-0.2, 0) is 13.2 Å². The van der Waals surface area contributed by atoms with Gasteiger partial charge in [-0.25, -0.2) is 15.0 Å². The first-order chi connectivity index (χ1) is 20.5. The van der Waals surface area contributed by atoms with Gasteiger partial charge in [-0.05, 0) is 67.9 Å². The summed E-state index contributed by atoms with van der Waals surface area (Å²) >= 11 is 0. The van der Waals surface area contributed by atoms with Crippen LogP contribution in [-0.4, -0.2) is 35.0 Å². The number of halogens is 3. The lowest BCUT2D eigenvalue weighted by atomic mass is 10.1. The number of carbonyl (C=O) groups is 1. The van der Waals surface area contributed by atoms with E-state index >= 15 is 0 Å². The Kier molecular flexibility index (Phi) is 6.88. The summed E-state index contributed by atoms with van der Waals surface area (Å²) in [5, 5.41) is 5.97. The second-order valence-electron chi connectivity index (χ2n) is 10.1. The number of fused-ring (bicyclic) bond motifs is 1. The van der Waals surface area contributed by atoms with Gasteiger partial charge in [0.05, 0.1) is 23.1 Å². The normalized spacial score (nSPS) is 11.6. The number of benzene rings is 2. The van der Waals surface area contributed by atoms with Crippen LogP contribution < -0.4 is 10.6 Å². The molecule has 4 heterocycles. The zero-order valence-corrected chi connectivity index (χ0v) is 23.3. The molecule has 0 aliphatic carbocycles. The molecule has 0 unspecified atom stereocenters. The van der Waals surface area contributed by atoms with Crippen LogP contribution in [0.4, 0.5) is 30.4 Å². The number of carbonyl (C=O) groups excluding carboxylic acids is 1. The van der Waals surface area contributed by atoms with Crippen molar-refractivity contribution in [2.75, 3.05) is 10.6 Å². The fraction of sp³-hybridized carbons (Fsp3) is 0.129. The highest BCUT2D eigenvalue weighted by Gasteiger charge is 2.31. The van der Waals surface area contributed by atoms with Gasteiger partial charge in [0, 0.05) is 60.0 Å². The zero-order chi connectivity index (χ0) is 30.3. The Hall–Kier alpha value is -5.52. The fourth-order valence-corrected chi connectivity index (χ4v) is 4.69. The number of nitrogens with one attached hydrogen (secondary N) is 2. The van der Waals surface area contributed by atoms with Crippen LogP contribution in [0.15, 0.2) is 85.7 Å². The summed E-state index contributed by atoms with van der Waals surface area (Å²) in [7, 11) is 1.88. The predicted octanol–water partition coefficient (Wildman–Crippen LogP) is 6.85. The maximum Gasteiger partial charge on any atom is 0.416 e. The van der Waals surface area contributed by atoms with Crippen molar-refractivity contribution < 1.29 is 18.0 Å². The molecule has 4 aromatic heterocycles. The van der Waals surface area contributed by atoms with Gasteiger partial charge in [-0.1, -0.05) is 6.07 Å². The Labute approximate surface area is 244 Å². The van der Waals surface area contributed by atoms with Gasteiger partial charge in [0.1, 0.15) is 5.52 Å². The Bertz CT molecular complexity index is 1980. The van der Waals surface area contributed by atoms with E-state index < -0.39 is 17.6 Å². The van der Waals surface area contributed by atoms with Crippen molar-refractivity contribution >= 4 is 34.1 Å². The molecular formula is C31H25F3N8O. The van der Waals surface area contributed by atoms with Crippen LogP contribution in [0, 0.1) is 13.8 Å². The number of alkyl halides is 3. The summed E-state index contributed by atoms with van der Waals surface area (Å²) in [5.74, 6) is 0.433. The van der Waals surface area contributed by atoms with Crippen LogP contribution in [0.1, 0.15) is 27.2 Å². The Balaban J connectivity index is 1.33. The molecule has 43 heavy (non-hydrogen) atoms. The lowest BCUT2D eigenvalue weighted by Crippen LogP contribution is -2.14. The number of aryl methyl sites for hydroxylation is 3. The molecule has 0 spiro atoms. The number of imidazole rings is 1. The second kappa shape index (κ2) is 10.7. The summed E-state index contributed by atoms with van der Waals surface area (Å²) in [6.45, 7) is 3.61. The highest BCUT2D eigenvalue weighted by atomic mass is 19.4. The molecule has 9 nitrogen and oxygen atoms in total. The average Bonchev–Trinajstić information content (AvgIpc) is 3.59. The fourth-order valence-electron chi connectivity index (χ4n) is 4.69. The van der Waals surface area contributed by atoms with E-state index in [0.717, 1.165) is 34.3 Å². The Morgan fingerprint density at radius 2 is 1.84 bits per heavy atom. The number of anilines is 3. The van der Waals surface area contributed by atoms with E-state index in [4.69, 9.17) is 4.98 Å². The van der Waals surface area contributed by atoms with Crippen molar-refractivity contribution in [3.63, 3.8) is 0 Å². The third-order valence-electron chi connectivity index (χ3n) is 6.91. The number of pyridine rings is 1. The highest BCUT2D eigenvalue weighted by Crippen LogP contribution is 2.34. The topological polar surface area (TPSA) is 103 Å². The third-order valence-corrected chi connectivity index (χ3v) is 6.91.